The van der Waals surface area contributed by atoms with Crippen molar-refractivity contribution in [3.05, 3.63) is 56.3 Å². The van der Waals surface area contributed by atoms with Gasteiger partial charge in [-0.15, -0.1) is 0 Å². The predicted molar refractivity (Wildman–Crippen MR) is 116 cm³/mol. The molecule has 1 aliphatic rings. The maximum absolute atomic E-state index is 13.5. The van der Waals surface area contributed by atoms with Crippen LogP contribution in [0.3, 0.4) is 0 Å². The van der Waals surface area contributed by atoms with E-state index in [1.54, 1.807) is 21.0 Å². The van der Waals surface area contributed by atoms with Crippen LogP contribution in [0.25, 0.3) is 10.9 Å². The van der Waals surface area contributed by atoms with E-state index in [2.05, 4.69) is 5.10 Å². The second kappa shape index (κ2) is 7.94. The van der Waals surface area contributed by atoms with E-state index in [1.165, 1.54) is 32.6 Å². The van der Waals surface area contributed by atoms with Gasteiger partial charge < -0.3 is 19.5 Å². The molecule has 0 aliphatic carbocycles. The Hall–Kier alpha value is -3.40. The Morgan fingerprint density at radius 3 is 2.69 bits per heavy atom. The SMILES string of the molecule is CCN(C)C(=O)c1nn(Cc2ccc(F)c(Cl)c2)c(=O)c2c(O)c3n(c12)CCN(C)C3=O. The van der Waals surface area contributed by atoms with E-state index < -0.39 is 28.9 Å². The number of carbonyl (C=O) groups excluding carboxylic acids is 2. The lowest BCUT2D eigenvalue weighted by molar-refractivity contribution is 0.0743. The predicted octanol–water partition coefficient (Wildman–Crippen LogP) is 1.92. The van der Waals surface area contributed by atoms with Gasteiger partial charge >= 0.3 is 0 Å². The number of halogens is 2. The Morgan fingerprint density at radius 1 is 1.31 bits per heavy atom. The number of hydrogen-bond donors (Lipinski definition) is 1. The summed E-state index contributed by atoms with van der Waals surface area (Å²) in [6.45, 7) is 2.71. The third-order valence-electron chi connectivity index (χ3n) is 5.68. The fourth-order valence-corrected chi connectivity index (χ4v) is 3.96. The van der Waals surface area contributed by atoms with E-state index in [-0.39, 0.29) is 33.9 Å². The topological polar surface area (TPSA) is 101 Å². The lowest BCUT2D eigenvalue weighted by atomic mass is 10.2. The minimum atomic E-state index is -0.675. The average Bonchev–Trinajstić information content (AvgIpc) is 3.07. The third-order valence-corrected chi connectivity index (χ3v) is 5.97. The molecule has 0 radical (unpaired) electrons. The molecule has 4 rings (SSSR count). The molecule has 0 bridgehead atoms. The first-order valence-corrected chi connectivity index (χ1v) is 10.3. The quantitative estimate of drug-likeness (QED) is 0.639. The van der Waals surface area contributed by atoms with E-state index in [4.69, 9.17) is 11.6 Å². The third kappa shape index (κ3) is 3.31. The van der Waals surface area contributed by atoms with Gasteiger partial charge in [-0.2, -0.15) is 5.10 Å². The van der Waals surface area contributed by atoms with Crippen molar-refractivity contribution in [2.45, 2.75) is 20.0 Å². The Labute approximate surface area is 187 Å². The first-order valence-electron chi connectivity index (χ1n) is 9.96. The summed E-state index contributed by atoms with van der Waals surface area (Å²) in [6, 6.07) is 3.97. The Kier molecular flexibility index (Phi) is 5.41. The highest BCUT2D eigenvalue weighted by Crippen LogP contribution is 2.34. The normalized spacial score (nSPS) is 13.5. The van der Waals surface area contributed by atoms with E-state index in [0.717, 1.165) is 4.68 Å². The molecule has 11 heteroatoms. The number of likely N-dealkylation sites (N-methyl/N-ethyl adjacent to an activating group) is 1. The summed E-state index contributed by atoms with van der Waals surface area (Å²) >= 11 is 5.85. The molecule has 9 nitrogen and oxygen atoms in total. The molecule has 1 aliphatic heterocycles. The van der Waals surface area contributed by atoms with Gasteiger partial charge in [-0.3, -0.25) is 14.4 Å². The average molecular weight is 462 g/mol. The van der Waals surface area contributed by atoms with E-state index in [0.29, 0.717) is 25.2 Å². The van der Waals surface area contributed by atoms with Gasteiger partial charge in [0, 0.05) is 33.7 Å². The number of fused-ring (bicyclic) bond motifs is 3. The van der Waals surface area contributed by atoms with Crippen LogP contribution < -0.4 is 5.56 Å². The number of hydrogen-bond acceptors (Lipinski definition) is 5. The van der Waals surface area contributed by atoms with E-state index in [9.17, 15) is 23.9 Å². The van der Waals surface area contributed by atoms with Crippen LogP contribution in [-0.4, -0.2) is 68.3 Å². The highest BCUT2D eigenvalue weighted by molar-refractivity contribution is 6.30. The van der Waals surface area contributed by atoms with Crippen LogP contribution in [0.2, 0.25) is 5.02 Å². The molecule has 1 N–H and O–H groups in total. The van der Waals surface area contributed by atoms with Crippen LogP contribution in [0.5, 0.6) is 5.75 Å². The molecule has 3 heterocycles. The molecule has 32 heavy (non-hydrogen) atoms. The van der Waals surface area contributed by atoms with Gasteiger partial charge in [0.25, 0.3) is 17.4 Å². The molecule has 0 saturated carbocycles. The summed E-state index contributed by atoms with van der Waals surface area (Å²) in [5, 5.41) is 14.9. The van der Waals surface area contributed by atoms with Crippen LogP contribution in [-0.2, 0) is 13.1 Å². The molecule has 0 fully saturated rings. The van der Waals surface area contributed by atoms with Gasteiger partial charge in [0.15, 0.2) is 17.1 Å². The lowest BCUT2D eigenvalue weighted by Crippen LogP contribution is -2.37. The largest absolute Gasteiger partial charge is 0.505 e. The van der Waals surface area contributed by atoms with Crippen molar-refractivity contribution in [3.8, 4) is 5.75 Å². The minimum absolute atomic E-state index is 0.0524. The summed E-state index contributed by atoms with van der Waals surface area (Å²) in [5.74, 6) is -2.01. The van der Waals surface area contributed by atoms with Crippen molar-refractivity contribution >= 4 is 34.3 Å². The summed E-state index contributed by atoms with van der Waals surface area (Å²) in [7, 11) is 3.18. The van der Waals surface area contributed by atoms with Crippen LogP contribution in [0.15, 0.2) is 23.0 Å². The van der Waals surface area contributed by atoms with Crippen LogP contribution in [0.1, 0.15) is 33.5 Å². The second-order valence-corrected chi connectivity index (χ2v) is 8.09. The highest BCUT2D eigenvalue weighted by Gasteiger charge is 2.34. The molecule has 2 aromatic heterocycles. The maximum atomic E-state index is 13.5. The van der Waals surface area contributed by atoms with Gasteiger partial charge in [-0.1, -0.05) is 17.7 Å². The maximum Gasteiger partial charge on any atom is 0.280 e. The molecule has 0 atom stereocenters. The first-order chi connectivity index (χ1) is 15.1. The van der Waals surface area contributed by atoms with Crippen LogP contribution in [0.4, 0.5) is 4.39 Å². The van der Waals surface area contributed by atoms with Crippen molar-refractivity contribution in [1.82, 2.24) is 24.1 Å². The molecule has 0 unspecified atom stereocenters. The molecular weight excluding hydrogens is 441 g/mol. The van der Waals surface area contributed by atoms with Gasteiger partial charge in [0.2, 0.25) is 0 Å². The number of nitrogens with zero attached hydrogens (tertiary/aromatic N) is 5. The molecule has 2 amide bonds. The van der Waals surface area contributed by atoms with Crippen molar-refractivity contribution in [2.75, 3.05) is 27.2 Å². The molecule has 1 aromatic carbocycles. The second-order valence-electron chi connectivity index (χ2n) is 7.68. The zero-order valence-corrected chi connectivity index (χ0v) is 18.5. The fraction of sp³-hybridized carbons (Fsp3) is 0.333. The Bertz CT molecular complexity index is 1330. The summed E-state index contributed by atoms with van der Waals surface area (Å²) < 4.78 is 16.0. The summed E-state index contributed by atoms with van der Waals surface area (Å²) in [6.07, 6.45) is 0. The smallest absolute Gasteiger partial charge is 0.280 e. The van der Waals surface area contributed by atoms with Gasteiger partial charge in [-0.05, 0) is 24.6 Å². The number of aromatic nitrogens is 3. The van der Waals surface area contributed by atoms with Crippen LogP contribution in [0, 0.1) is 5.82 Å². The number of aromatic hydroxyl groups is 1. The first kappa shape index (κ1) is 21.8. The standard InChI is InChI=1S/C21H21ClFN5O4/c1-4-25(2)20(31)15-16-14(18(29)17-21(32)26(3)7-8-27(16)17)19(30)28(24-15)10-11-5-6-13(23)12(22)9-11/h5-6,9,29H,4,7-8,10H2,1-3H3. The monoisotopic (exact) mass is 461 g/mol. The van der Waals surface area contributed by atoms with Crippen molar-refractivity contribution in [1.29, 1.82) is 0 Å². The summed E-state index contributed by atoms with van der Waals surface area (Å²) in [5.41, 5.74) is -0.181. The number of benzene rings is 1. The summed E-state index contributed by atoms with van der Waals surface area (Å²) in [4.78, 5) is 42.0. The van der Waals surface area contributed by atoms with Crippen molar-refractivity contribution in [2.24, 2.45) is 0 Å². The van der Waals surface area contributed by atoms with E-state index >= 15 is 0 Å². The number of amides is 2. The van der Waals surface area contributed by atoms with Gasteiger partial charge in [-0.25, -0.2) is 9.07 Å². The number of carbonyl (C=O) groups is 2. The minimum Gasteiger partial charge on any atom is -0.505 e. The van der Waals surface area contributed by atoms with Gasteiger partial charge in [0.1, 0.15) is 11.2 Å². The molecular formula is C21H21ClFN5O4. The van der Waals surface area contributed by atoms with Gasteiger partial charge in [0.05, 0.1) is 17.1 Å². The number of rotatable bonds is 4. The fourth-order valence-electron chi connectivity index (χ4n) is 3.76. The molecule has 168 valence electrons. The molecule has 0 spiro atoms. The van der Waals surface area contributed by atoms with Crippen molar-refractivity contribution < 1.29 is 19.1 Å². The zero-order valence-electron chi connectivity index (χ0n) is 17.7. The Morgan fingerprint density at radius 2 is 2.03 bits per heavy atom. The Balaban J connectivity index is 2.01. The molecule has 3 aromatic rings. The highest BCUT2D eigenvalue weighted by atomic mass is 35.5. The lowest BCUT2D eigenvalue weighted by Gasteiger charge is -2.25. The van der Waals surface area contributed by atoms with Crippen LogP contribution >= 0.6 is 11.6 Å². The van der Waals surface area contributed by atoms with Crippen molar-refractivity contribution in [3.63, 3.8) is 0 Å². The molecule has 0 saturated heterocycles. The zero-order chi connectivity index (χ0) is 23.3. The van der Waals surface area contributed by atoms with E-state index in [1.807, 2.05) is 0 Å².